The molecule has 0 bridgehead atoms. The Bertz CT molecular complexity index is 707. The number of nitrogens with zero attached hydrogens (tertiary/aromatic N) is 1. The average molecular weight is 311 g/mol. The topological polar surface area (TPSA) is 108 Å². The molecule has 2 heterocycles. The Morgan fingerprint density at radius 3 is 2.83 bits per heavy atom. The van der Waals surface area contributed by atoms with Gasteiger partial charge < -0.3 is 10.3 Å². The Morgan fingerprint density at radius 2 is 2.17 bits per heavy atom. The highest BCUT2D eigenvalue weighted by atomic mass is 79.9. The van der Waals surface area contributed by atoms with E-state index >= 15 is 0 Å². The average Bonchev–Trinajstić information content (AvgIpc) is 2.28. The largest absolute Gasteiger partial charge is 0.325 e. The quantitative estimate of drug-likeness (QED) is 0.749. The molecule has 92 valence electrons. The number of anilines is 1. The Balaban J connectivity index is 2.27. The molecule has 0 atom stereocenters. The summed E-state index contributed by atoms with van der Waals surface area (Å²) in [5.74, 6) is -0.363. The van der Waals surface area contributed by atoms with Crippen molar-refractivity contribution < 1.29 is 4.79 Å². The molecule has 2 aromatic heterocycles. The van der Waals surface area contributed by atoms with E-state index in [-0.39, 0.29) is 5.56 Å². The second-order valence-electron chi connectivity index (χ2n) is 3.30. The smallest absolute Gasteiger partial charge is 0.313 e. The van der Waals surface area contributed by atoms with Crippen molar-refractivity contribution in [1.29, 1.82) is 0 Å². The van der Waals surface area contributed by atoms with Gasteiger partial charge in [-0.25, -0.2) is 9.78 Å². The molecule has 0 aliphatic heterocycles. The highest BCUT2D eigenvalue weighted by molar-refractivity contribution is 9.10. The maximum Gasteiger partial charge on any atom is 0.325 e. The van der Waals surface area contributed by atoms with Crippen LogP contribution in [0.5, 0.6) is 0 Å². The van der Waals surface area contributed by atoms with Gasteiger partial charge in [0.25, 0.3) is 11.5 Å². The third kappa shape index (κ3) is 2.72. The molecule has 2 aromatic rings. The maximum atomic E-state index is 11.7. The van der Waals surface area contributed by atoms with Crippen molar-refractivity contribution >= 4 is 27.7 Å². The number of halogens is 1. The molecule has 0 radical (unpaired) electrons. The third-order valence-electron chi connectivity index (χ3n) is 2.03. The van der Waals surface area contributed by atoms with Crippen LogP contribution in [0.2, 0.25) is 0 Å². The van der Waals surface area contributed by atoms with E-state index in [1.807, 2.05) is 4.98 Å². The molecule has 0 aliphatic carbocycles. The highest BCUT2D eigenvalue weighted by Crippen LogP contribution is 2.12. The van der Waals surface area contributed by atoms with Crippen LogP contribution in [0.15, 0.2) is 38.6 Å². The Labute approximate surface area is 108 Å². The Hall–Kier alpha value is -2.22. The number of amides is 1. The minimum atomic E-state index is -0.758. The zero-order valence-electron chi connectivity index (χ0n) is 8.86. The van der Waals surface area contributed by atoms with E-state index in [4.69, 9.17) is 0 Å². The lowest BCUT2D eigenvalue weighted by Crippen LogP contribution is -2.29. The van der Waals surface area contributed by atoms with Crippen molar-refractivity contribution in [2.45, 2.75) is 0 Å². The van der Waals surface area contributed by atoms with Gasteiger partial charge in [0.15, 0.2) is 0 Å². The second kappa shape index (κ2) is 4.96. The normalized spacial score (nSPS) is 10.1. The number of rotatable bonds is 2. The Morgan fingerprint density at radius 1 is 1.39 bits per heavy atom. The standard InChI is InChI=1S/C10H7BrN4O3/c11-5-1-2-12-7(3-5)14-8(16)6-4-13-10(18)15-9(6)17/h1-4H,(H,12,14,16)(H2,13,15,17,18). The lowest BCUT2D eigenvalue weighted by Gasteiger charge is -2.03. The predicted molar refractivity (Wildman–Crippen MR) is 67.6 cm³/mol. The van der Waals surface area contributed by atoms with Crippen molar-refractivity contribution in [3.05, 3.63) is 55.4 Å². The number of carbonyl (C=O) groups is 1. The van der Waals surface area contributed by atoms with E-state index in [0.717, 1.165) is 10.7 Å². The number of carbonyl (C=O) groups excluding carboxylic acids is 1. The summed E-state index contributed by atoms with van der Waals surface area (Å²) in [6.07, 6.45) is 2.55. The summed E-state index contributed by atoms with van der Waals surface area (Å²) < 4.78 is 0.739. The van der Waals surface area contributed by atoms with Crippen LogP contribution >= 0.6 is 15.9 Å². The van der Waals surface area contributed by atoms with Gasteiger partial charge in [0.1, 0.15) is 11.4 Å². The van der Waals surface area contributed by atoms with Gasteiger partial charge in [-0.15, -0.1) is 0 Å². The van der Waals surface area contributed by atoms with E-state index in [1.54, 1.807) is 12.1 Å². The molecule has 1 amide bonds. The minimum absolute atomic E-state index is 0.198. The first-order chi connectivity index (χ1) is 8.56. The molecule has 7 nitrogen and oxygen atoms in total. The summed E-state index contributed by atoms with van der Waals surface area (Å²) in [5.41, 5.74) is -1.63. The molecule has 2 rings (SSSR count). The molecule has 8 heteroatoms. The molecule has 0 saturated heterocycles. The summed E-state index contributed by atoms with van der Waals surface area (Å²) >= 11 is 3.23. The van der Waals surface area contributed by atoms with Crippen LogP contribution in [0.1, 0.15) is 10.4 Å². The fraction of sp³-hybridized carbons (Fsp3) is 0. The maximum absolute atomic E-state index is 11.7. The van der Waals surface area contributed by atoms with Crippen molar-refractivity contribution in [3.63, 3.8) is 0 Å². The van der Waals surface area contributed by atoms with Gasteiger partial charge in [-0.3, -0.25) is 14.6 Å². The number of hydrogen-bond acceptors (Lipinski definition) is 4. The SMILES string of the molecule is O=C(Nc1cc(Br)ccn1)c1c[nH]c(=O)[nH]c1=O. The first-order valence-electron chi connectivity index (χ1n) is 4.81. The Kier molecular flexibility index (Phi) is 3.38. The lowest BCUT2D eigenvalue weighted by atomic mass is 10.3. The number of hydrogen-bond donors (Lipinski definition) is 3. The van der Waals surface area contributed by atoms with E-state index < -0.39 is 17.2 Å². The second-order valence-corrected chi connectivity index (χ2v) is 4.21. The highest BCUT2D eigenvalue weighted by Gasteiger charge is 2.11. The fourth-order valence-corrected chi connectivity index (χ4v) is 1.57. The van der Waals surface area contributed by atoms with Crippen LogP contribution in [0.3, 0.4) is 0 Å². The van der Waals surface area contributed by atoms with Crippen LogP contribution in [0.25, 0.3) is 0 Å². The van der Waals surface area contributed by atoms with E-state index in [9.17, 15) is 14.4 Å². The van der Waals surface area contributed by atoms with Crippen molar-refractivity contribution in [2.75, 3.05) is 5.32 Å². The number of nitrogens with one attached hydrogen (secondary N) is 3. The van der Waals surface area contributed by atoms with Crippen molar-refractivity contribution in [1.82, 2.24) is 15.0 Å². The molecule has 0 fully saturated rings. The van der Waals surface area contributed by atoms with Gasteiger partial charge in [-0.05, 0) is 12.1 Å². The van der Waals surface area contributed by atoms with E-state index in [0.29, 0.717) is 5.82 Å². The van der Waals surface area contributed by atoms with Gasteiger partial charge in [0, 0.05) is 16.9 Å². The van der Waals surface area contributed by atoms with Crippen molar-refractivity contribution in [2.24, 2.45) is 0 Å². The first-order valence-corrected chi connectivity index (χ1v) is 5.60. The minimum Gasteiger partial charge on any atom is -0.313 e. The lowest BCUT2D eigenvalue weighted by molar-refractivity contribution is 0.102. The summed E-state index contributed by atoms with van der Waals surface area (Å²) in [6.45, 7) is 0. The van der Waals surface area contributed by atoms with Gasteiger partial charge in [-0.2, -0.15) is 0 Å². The number of H-pyrrole nitrogens is 2. The molecular weight excluding hydrogens is 304 g/mol. The monoisotopic (exact) mass is 310 g/mol. The third-order valence-corrected chi connectivity index (χ3v) is 2.52. The zero-order chi connectivity index (χ0) is 13.1. The van der Waals surface area contributed by atoms with Gasteiger partial charge >= 0.3 is 5.69 Å². The van der Waals surface area contributed by atoms with Crippen LogP contribution in [0, 0.1) is 0 Å². The molecule has 0 aromatic carbocycles. The summed E-state index contributed by atoms with van der Waals surface area (Å²) in [5, 5.41) is 2.44. The predicted octanol–water partition coefficient (Wildman–Crippen LogP) is 0.473. The molecule has 3 N–H and O–H groups in total. The molecular formula is C10H7BrN4O3. The van der Waals surface area contributed by atoms with Crippen LogP contribution in [0.4, 0.5) is 5.82 Å². The number of pyridine rings is 1. The number of aromatic amines is 2. The van der Waals surface area contributed by atoms with Crippen LogP contribution < -0.4 is 16.6 Å². The molecule has 0 saturated carbocycles. The fourth-order valence-electron chi connectivity index (χ4n) is 1.24. The summed E-state index contributed by atoms with van der Waals surface area (Å²) in [6, 6.07) is 3.28. The van der Waals surface area contributed by atoms with Crippen LogP contribution in [-0.2, 0) is 0 Å². The molecule has 0 spiro atoms. The summed E-state index contributed by atoms with van der Waals surface area (Å²) in [7, 11) is 0. The van der Waals surface area contributed by atoms with Crippen molar-refractivity contribution in [3.8, 4) is 0 Å². The van der Waals surface area contributed by atoms with Gasteiger partial charge in [-0.1, -0.05) is 15.9 Å². The van der Waals surface area contributed by atoms with Gasteiger partial charge in [0.2, 0.25) is 0 Å². The molecule has 0 aliphatic rings. The van der Waals surface area contributed by atoms with E-state index in [1.165, 1.54) is 6.20 Å². The number of aromatic nitrogens is 3. The van der Waals surface area contributed by atoms with Crippen LogP contribution in [-0.4, -0.2) is 20.9 Å². The summed E-state index contributed by atoms with van der Waals surface area (Å²) in [4.78, 5) is 42.0. The van der Waals surface area contributed by atoms with Gasteiger partial charge in [0.05, 0.1) is 0 Å². The molecule has 18 heavy (non-hydrogen) atoms. The zero-order valence-corrected chi connectivity index (χ0v) is 10.4. The first kappa shape index (κ1) is 12.2. The molecule has 0 unspecified atom stereocenters. The van der Waals surface area contributed by atoms with E-state index in [2.05, 4.69) is 31.2 Å².